The van der Waals surface area contributed by atoms with Gasteiger partial charge in [0.1, 0.15) is 17.0 Å². The second kappa shape index (κ2) is 7.12. The van der Waals surface area contributed by atoms with Gasteiger partial charge >= 0.3 is 0 Å². The van der Waals surface area contributed by atoms with E-state index in [0.29, 0.717) is 52.6 Å². The lowest BCUT2D eigenvalue weighted by molar-refractivity contribution is 0.0994. The number of aryl methyl sites for hydroxylation is 2. The Morgan fingerprint density at radius 1 is 1.37 bits per heavy atom. The van der Waals surface area contributed by atoms with Crippen molar-refractivity contribution in [3.63, 3.8) is 0 Å². The number of primary amides is 1. The van der Waals surface area contributed by atoms with E-state index >= 15 is 0 Å². The number of nitrogens with two attached hydrogens (primary N) is 1. The summed E-state index contributed by atoms with van der Waals surface area (Å²) in [7, 11) is 0. The zero-order valence-corrected chi connectivity index (χ0v) is 18.8. The Labute approximate surface area is 181 Å². The molecule has 0 saturated heterocycles. The zero-order valence-electron chi connectivity index (χ0n) is 17.2. The van der Waals surface area contributed by atoms with Gasteiger partial charge in [0.25, 0.3) is 5.91 Å². The number of halogens is 1. The van der Waals surface area contributed by atoms with Gasteiger partial charge in [-0.05, 0) is 41.9 Å². The largest absolute Gasteiger partial charge is 0.491 e. The van der Waals surface area contributed by atoms with Crippen LogP contribution in [0.2, 0.25) is 0 Å². The number of amides is 2. The zero-order chi connectivity index (χ0) is 21.8. The average molecular weight is 475 g/mol. The molecule has 30 heavy (non-hydrogen) atoms. The standard InChI is InChI=1S/C20H23BrN6O3/c1-5-27-16(14(21)10(2)25-27)18(29)24-19-23-12-6-11(17(22)28)7-13-15(12)26(19)8-20(3,4)9-30-13/h6-7H,5,8-9H2,1-4H3,(H2,22,28)(H,23,24,29). The molecule has 0 unspecified atom stereocenters. The number of ether oxygens (including phenoxy) is 1. The first-order valence-electron chi connectivity index (χ1n) is 9.62. The van der Waals surface area contributed by atoms with Gasteiger partial charge in [0.05, 0.1) is 22.3 Å². The topological polar surface area (TPSA) is 117 Å². The van der Waals surface area contributed by atoms with Crippen molar-refractivity contribution in [3.8, 4) is 5.75 Å². The average Bonchev–Trinajstić information content (AvgIpc) is 3.10. The highest BCUT2D eigenvalue weighted by molar-refractivity contribution is 9.10. The van der Waals surface area contributed by atoms with Crippen molar-refractivity contribution in [2.45, 2.75) is 40.8 Å². The minimum absolute atomic E-state index is 0.221. The van der Waals surface area contributed by atoms with Crippen molar-refractivity contribution in [2.75, 3.05) is 11.9 Å². The second-order valence-corrected chi connectivity index (χ2v) is 8.99. The van der Waals surface area contributed by atoms with Crippen molar-refractivity contribution < 1.29 is 14.3 Å². The predicted molar refractivity (Wildman–Crippen MR) is 116 cm³/mol. The third-order valence-electron chi connectivity index (χ3n) is 5.09. The van der Waals surface area contributed by atoms with Gasteiger partial charge in [0.2, 0.25) is 11.9 Å². The Morgan fingerprint density at radius 3 is 2.77 bits per heavy atom. The first-order valence-corrected chi connectivity index (χ1v) is 10.4. The predicted octanol–water partition coefficient (Wildman–Crippen LogP) is 3.09. The molecule has 158 valence electrons. The van der Waals surface area contributed by atoms with Crippen LogP contribution in [0.25, 0.3) is 11.0 Å². The number of rotatable bonds is 4. The molecule has 10 heteroatoms. The molecule has 9 nitrogen and oxygen atoms in total. The maximum Gasteiger partial charge on any atom is 0.277 e. The number of benzene rings is 1. The summed E-state index contributed by atoms with van der Waals surface area (Å²) in [5.74, 6) is 0.0162. The molecule has 4 rings (SSSR count). The molecule has 1 aliphatic rings. The smallest absolute Gasteiger partial charge is 0.277 e. The number of carbonyl (C=O) groups excluding carboxylic acids is 2. The summed E-state index contributed by atoms with van der Waals surface area (Å²) in [5.41, 5.74) is 7.98. The Bertz CT molecular complexity index is 1190. The fourth-order valence-corrected chi connectivity index (χ4v) is 4.11. The Morgan fingerprint density at radius 2 is 2.10 bits per heavy atom. The molecular weight excluding hydrogens is 452 g/mol. The van der Waals surface area contributed by atoms with Gasteiger partial charge in [0, 0.05) is 24.1 Å². The van der Waals surface area contributed by atoms with Crippen molar-refractivity contribution >= 4 is 44.7 Å². The number of anilines is 1. The molecule has 3 heterocycles. The molecule has 1 aliphatic heterocycles. The highest BCUT2D eigenvalue weighted by atomic mass is 79.9. The molecule has 0 fully saturated rings. The molecule has 0 atom stereocenters. The maximum atomic E-state index is 13.1. The second-order valence-electron chi connectivity index (χ2n) is 8.20. The fraction of sp³-hybridized carbons (Fsp3) is 0.400. The van der Waals surface area contributed by atoms with E-state index in [1.54, 1.807) is 16.8 Å². The van der Waals surface area contributed by atoms with Gasteiger partial charge in [-0.15, -0.1) is 0 Å². The van der Waals surface area contributed by atoms with Crippen molar-refractivity contribution in [2.24, 2.45) is 11.1 Å². The highest BCUT2D eigenvalue weighted by Crippen LogP contribution is 2.37. The Balaban J connectivity index is 1.84. The summed E-state index contributed by atoms with van der Waals surface area (Å²) in [6.07, 6.45) is 0. The summed E-state index contributed by atoms with van der Waals surface area (Å²) in [5, 5.41) is 7.30. The van der Waals surface area contributed by atoms with E-state index in [1.165, 1.54) is 0 Å². The van der Waals surface area contributed by atoms with E-state index in [2.05, 4.69) is 45.2 Å². The lowest BCUT2D eigenvalue weighted by atomic mass is 9.95. The van der Waals surface area contributed by atoms with Gasteiger partial charge in [-0.1, -0.05) is 13.8 Å². The molecule has 2 aromatic heterocycles. The van der Waals surface area contributed by atoms with Gasteiger partial charge in [-0.3, -0.25) is 19.6 Å². The molecule has 1 aromatic carbocycles. The van der Waals surface area contributed by atoms with E-state index in [0.717, 1.165) is 11.2 Å². The summed E-state index contributed by atoms with van der Waals surface area (Å²) in [4.78, 5) is 29.5. The lowest BCUT2D eigenvalue weighted by Crippen LogP contribution is -2.27. The van der Waals surface area contributed by atoms with E-state index in [4.69, 9.17) is 10.5 Å². The van der Waals surface area contributed by atoms with Crippen LogP contribution in [0.4, 0.5) is 5.95 Å². The molecule has 0 radical (unpaired) electrons. The van der Waals surface area contributed by atoms with E-state index in [-0.39, 0.29) is 11.3 Å². The summed E-state index contributed by atoms with van der Waals surface area (Å²) in [6, 6.07) is 3.24. The molecular formula is C20H23BrN6O3. The lowest BCUT2D eigenvalue weighted by Gasteiger charge is -2.23. The Kier molecular flexibility index (Phi) is 4.84. The molecule has 3 aromatic rings. The monoisotopic (exact) mass is 474 g/mol. The quantitative estimate of drug-likeness (QED) is 0.602. The molecule has 0 saturated carbocycles. The van der Waals surface area contributed by atoms with E-state index < -0.39 is 5.91 Å². The SMILES string of the molecule is CCn1nc(C)c(Br)c1C(=O)Nc1nc2cc(C(N)=O)cc3c2n1CC(C)(C)CO3. The number of aromatic nitrogens is 4. The van der Waals surface area contributed by atoms with Crippen LogP contribution < -0.4 is 15.8 Å². The highest BCUT2D eigenvalue weighted by Gasteiger charge is 2.30. The van der Waals surface area contributed by atoms with E-state index in [1.807, 2.05) is 18.4 Å². The van der Waals surface area contributed by atoms with Crippen molar-refractivity contribution in [3.05, 3.63) is 33.6 Å². The van der Waals surface area contributed by atoms with Gasteiger partial charge in [0.15, 0.2) is 0 Å². The van der Waals surface area contributed by atoms with Crippen LogP contribution >= 0.6 is 15.9 Å². The van der Waals surface area contributed by atoms with Crippen LogP contribution in [-0.4, -0.2) is 37.8 Å². The van der Waals surface area contributed by atoms with Gasteiger partial charge < -0.3 is 15.0 Å². The first-order chi connectivity index (χ1) is 14.1. The number of nitrogens with one attached hydrogen (secondary N) is 1. The molecule has 0 spiro atoms. The van der Waals surface area contributed by atoms with Crippen LogP contribution in [0.3, 0.4) is 0 Å². The number of hydrogen-bond donors (Lipinski definition) is 2. The fourth-order valence-electron chi connectivity index (χ4n) is 3.64. The number of carbonyl (C=O) groups is 2. The minimum Gasteiger partial charge on any atom is -0.491 e. The van der Waals surface area contributed by atoms with Gasteiger partial charge in [-0.2, -0.15) is 5.10 Å². The third kappa shape index (κ3) is 3.34. The molecule has 0 aliphatic carbocycles. The van der Waals surface area contributed by atoms with Gasteiger partial charge in [-0.25, -0.2) is 4.98 Å². The number of imidazole rings is 1. The van der Waals surface area contributed by atoms with E-state index in [9.17, 15) is 9.59 Å². The molecule has 0 bridgehead atoms. The minimum atomic E-state index is -0.563. The van der Waals surface area contributed by atoms with Crippen molar-refractivity contribution in [1.29, 1.82) is 0 Å². The van der Waals surface area contributed by atoms with Crippen LogP contribution in [0.5, 0.6) is 5.75 Å². The normalized spacial score (nSPS) is 15.0. The summed E-state index contributed by atoms with van der Waals surface area (Å²) in [6.45, 7) is 9.47. The van der Waals surface area contributed by atoms with Crippen LogP contribution in [0.1, 0.15) is 47.3 Å². The molecule has 2 amide bonds. The number of hydrogen-bond acceptors (Lipinski definition) is 5. The Hall–Kier alpha value is -2.88. The summed E-state index contributed by atoms with van der Waals surface area (Å²) >= 11 is 3.46. The van der Waals surface area contributed by atoms with Crippen LogP contribution in [-0.2, 0) is 13.1 Å². The maximum absolute atomic E-state index is 13.1. The molecule has 3 N–H and O–H groups in total. The third-order valence-corrected chi connectivity index (χ3v) is 6.04. The first kappa shape index (κ1) is 20.4. The summed E-state index contributed by atoms with van der Waals surface area (Å²) < 4.78 is 10.2. The van der Waals surface area contributed by atoms with Crippen LogP contribution in [0, 0.1) is 12.3 Å². The van der Waals surface area contributed by atoms with Crippen molar-refractivity contribution in [1.82, 2.24) is 19.3 Å². The number of nitrogens with zero attached hydrogens (tertiary/aromatic N) is 4. The van der Waals surface area contributed by atoms with Crippen LogP contribution in [0.15, 0.2) is 16.6 Å².